The summed E-state index contributed by atoms with van der Waals surface area (Å²) in [5.41, 5.74) is 2.26. The van der Waals surface area contributed by atoms with E-state index in [2.05, 4.69) is 22.3 Å². The zero-order chi connectivity index (χ0) is 19.1. The number of rotatable bonds is 8. The molecule has 1 aliphatic rings. The zero-order valence-electron chi connectivity index (χ0n) is 15.8. The van der Waals surface area contributed by atoms with Crippen LogP contribution in [0.2, 0.25) is 0 Å². The molecule has 1 unspecified atom stereocenters. The molecule has 0 radical (unpaired) electrons. The Balaban J connectivity index is 1.39. The molecule has 1 heterocycles. The Bertz CT molecular complexity index is 749. The van der Waals surface area contributed by atoms with E-state index in [1.54, 1.807) is 4.90 Å². The van der Waals surface area contributed by atoms with Crippen molar-refractivity contribution in [2.45, 2.75) is 19.4 Å². The lowest BCUT2D eigenvalue weighted by Crippen LogP contribution is -2.34. The standard InChI is InChI=1S/C22H27N3O2/c1-24(20-11-6-3-7-12-20)14-8-13-23-22(27)19-15-21(26)25(17-19)16-18-9-4-2-5-10-18/h2-7,9-12,19H,8,13-17H2,1H3,(H,23,27). The Hall–Kier alpha value is -2.82. The number of nitrogens with one attached hydrogen (secondary N) is 1. The third-order valence-electron chi connectivity index (χ3n) is 4.97. The summed E-state index contributed by atoms with van der Waals surface area (Å²) in [6.07, 6.45) is 1.17. The fourth-order valence-corrected chi connectivity index (χ4v) is 3.39. The van der Waals surface area contributed by atoms with Crippen LogP contribution in [0.5, 0.6) is 0 Å². The van der Waals surface area contributed by atoms with Crippen molar-refractivity contribution < 1.29 is 9.59 Å². The van der Waals surface area contributed by atoms with Crippen molar-refractivity contribution >= 4 is 17.5 Å². The number of hydrogen-bond donors (Lipinski definition) is 1. The third-order valence-corrected chi connectivity index (χ3v) is 4.97. The summed E-state index contributed by atoms with van der Waals surface area (Å²) in [6.45, 7) is 2.57. The Kier molecular flexibility index (Phi) is 6.47. The summed E-state index contributed by atoms with van der Waals surface area (Å²) in [6, 6.07) is 20.1. The molecule has 142 valence electrons. The first kappa shape index (κ1) is 19.0. The van der Waals surface area contributed by atoms with Gasteiger partial charge in [-0.2, -0.15) is 0 Å². The molecule has 0 bridgehead atoms. The maximum Gasteiger partial charge on any atom is 0.225 e. The van der Waals surface area contributed by atoms with Crippen molar-refractivity contribution in [1.82, 2.24) is 10.2 Å². The van der Waals surface area contributed by atoms with Gasteiger partial charge in [-0.3, -0.25) is 9.59 Å². The van der Waals surface area contributed by atoms with Crippen molar-refractivity contribution in [1.29, 1.82) is 0 Å². The molecule has 2 aromatic carbocycles. The van der Waals surface area contributed by atoms with Crippen molar-refractivity contribution in [2.75, 3.05) is 31.6 Å². The Morgan fingerprint density at radius 3 is 2.48 bits per heavy atom. The van der Waals surface area contributed by atoms with Crippen LogP contribution >= 0.6 is 0 Å². The molecule has 0 spiro atoms. The number of anilines is 1. The highest BCUT2D eigenvalue weighted by Crippen LogP contribution is 2.20. The average Bonchev–Trinajstić information content (AvgIpc) is 3.07. The van der Waals surface area contributed by atoms with E-state index in [4.69, 9.17) is 0 Å². The maximum atomic E-state index is 12.4. The molecule has 1 N–H and O–H groups in total. The minimum absolute atomic E-state index is 0.0127. The predicted molar refractivity (Wildman–Crippen MR) is 107 cm³/mol. The second-order valence-corrected chi connectivity index (χ2v) is 7.06. The van der Waals surface area contributed by atoms with E-state index in [9.17, 15) is 9.59 Å². The van der Waals surface area contributed by atoms with Gasteiger partial charge in [0.05, 0.1) is 5.92 Å². The molecule has 5 nitrogen and oxygen atoms in total. The van der Waals surface area contributed by atoms with Gasteiger partial charge in [0.25, 0.3) is 0 Å². The fraction of sp³-hybridized carbons (Fsp3) is 0.364. The summed E-state index contributed by atoms with van der Waals surface area (Å²) in [5.74, 6) is -0.197. The maximum absolute atomic E-state index is 12.4. The second kappa shape index (κ2) is 9.21. The van der Waals surface area contributed by atoms with Gasteiger partial charge in [-0.1, -0.05) is 48.5 Å². The van der Waals surface area contributed by atoms with Crippen LogP contribution in [-0.4, -0.2) is 43.4 Å². The van der Waals surface area contributed by atoms with E-state index in [0.29, 0.717) is 26.1 Å². The van der Waals surface area contributed by atoms with Crippen molar-refractivity contribution in [2.24, 2.45) is 5.92 Å². The first-order valence-corrected chi connectivity index (χ1v) is 9.49. The molecule has 3 rings (SSSR count). The average molecular weight is 365 g/mol. The van der Waals surface area contributed by atoms with Crippen LogP contribution in [0.15, 0.2) is 60.7 Å². The first-order valence-electron chi connectivity index (χ1n) is 9.49. The van der Waals surface area contributed by atoms with Gasteiger partial charge in [0.2, 0.25) is 11.8 Å². The van der Waals surface area contributed by atoms with E-state index in [1.807, 2.05) is 55.6 Å². The summed E-state index contributed by atoms with van der Waals surface area (Å²) in [4.78, 5) is 28.6. The number of carbonyl (C=O) groups is 2. The highest BCUT2D eigenvalue weighted by molar-refractivity contribution is 5.89. The van der Waals surface area contributed by atoms with Gasteiger partial charge in [0.1, 0.15) is 0 Å². The number of amides is 2. The van der Waals surface area contributed by atoms with Crippen LogP contribution in [0.25, 0.3) is 0 Å². The van der Waals surface area contributed by atoms with Crippen molar-refractivity contribution in [3.8, 4) is 0 Å². The van der Waals surface area contributed by atoms with Gasteiger partial charge in [-0.25, -0.2) is 0 Å². The number of hydrogen-bond acceptors (Lipinski definition) is 3. The molecule has 0 saturated carbocycles. The minimum atomic E-state index is -0.243. The summed E-state index contributed by atoms with van der Waals surface area (Å²) in [7, 11) is 2.05. The molecule has 27 heavy (non-hydrogen) atoms. The molecule has 0 aliphatic carbocycles. The van der Waals surface area contributed by atoms with Crippen LogP contribution in [0.1, 0.15) is 18.4 Å². The highest BCUT2D eigenvalue weighted by Gasteiger charge is 2.33. The molecular weight excluding hydrogens is 338 g/mol. The van der Waals surface area contributed by atoms with E-state index in [1.165, 1.54) is 5.69 Å². The van der Waals surface area contributed by atoms with Crippen molar-refractivity contribution in [3.63, 3.8) is 0 Å². The van der Waals surface area contributed by atoms with Gasteiger partial charge in [-0.05, 0) is 24.1 Å². The predicted octanol–water partition coefficient (Wildman–Crippen LogP) is 2.68. The molecule has 1 atom stereocenters. The third kappa shape index (κ3) is 5.33. The first-order chi connectivity index (χ1) is 13.1. The summed E-state index contributed by atoms with van der Waals surface area (Å²) < 4.78 is 0. The van der Waals surface area contributed by atoms with Crippen LogP contribution in [0, 0.1) is 5.92 Å². The highest BCUT2D eigenvalue weighted by atomic mass is 16.2. The smallest absolute Gasteiger partial charge is 0.225 e. The monoisotopic (exact) mass is 365 g/mol. The van der Waals surface area contributed by atoms with Gasteiger partial charge < -0.3 is 15.1 Å². The number of para-hydroxylation sites is 1. The largest absolute Gasteiger partial charge is 0.375 e. The van der Waals surface area contributed by atoms with E-state index < -0.39 is 0 Å². The van der Waals surface area contributed by atoms with Crippen LogP contribution in [0.3, 0.4) is 0 Å². The Morgan fingerprint density at radius 2 is 1.78 bits per heavy atom. The van der Waals surface area contributed by atoms with Crippen LogP contribution < -0.4 is 10.2 Å². The summed E-state index contributed by atoms with van der Waals surface area (Å²) in [5, 5.41) is 2.99. The molecule has 2 amide bonds. The quantitative estimate of drug-likeness (QED) is 0.732. The number of benzene rings is 2. The molecule has 5 heteroatoms. The Labute approximate surface area is 161 Å². The normalized spacial score (nSPS) is 16.4. The molecular formula is C22H27N3O2. The fourth-order valence-electron chi connectivity index (χ4n) is 3.39. The van der Waals surface area contributed by atoms with E-state index in [0.717, 1.165) is 18.5 Å². The second-order valence-electron chi connectivity index (χ2n) is 7.06. The van der Waals surface area contributed by atoms with Gasteiger partial charge in [0, 0.05) is 45.3 Å². The minimum Gasteiger partial charge on any atom is -0.375 e. The SMILES string of the molecule is CN(CCCNC(=O)C1CC(=O)N(Cc2ccccc2)C1)c1ccccc1. The topological polar surface area (TPSA) is 52.7 Å². The lowest BCUT2D eigenvalue weighted by Gasteiger charge is -2.19. The molecule has 1 aliphatic heterocycles. The van der Waals surface area contributed by atoms with Gasteiger partial charge in [-0.15, -0.1) is 0 Å². The van der Waals surface area contributed by atoms with Crippen LogP contribution in [0.4, 0.5) is 5.69 Å². The number of nitrogens with zero attached hydrogens (tertiary/aromatic N) is 2. The number of likely N-dealkylation sites (tertiary alicyclic amines) is 1. The van der Waals surface area contributed by atoms with E-state index >= 15 is 0 Å². The van der Waals surface area contributed by atoms with Gasteiger partial charge >= 0.3 is 0 Å². The summed E-state index contributed by atoms with van der Waals surface area (Å²) >= 11 is 0. The number of carbonyl (C=O) groups excluding carboxylic acids is 2. The molecule has 0 aromatic heterocycles. The molecule has 2 aromatic rings. The molecule has 1 saturated heterocycles. The lowest BCUT2D eigenvalue weighted by atomic mass is 10.1. The Morgan fingerprint density at radius 1 is 1.11 bits per heavy atom. The van der Waals surface area contributed by atoms with E-state index in [-0.39, 0.29) is 17.7 Å². The zero-order valence-corrected chi connectivity index (χ0v) is 15.8. The van der Waals surface area contributed by atoms with Crippen molar-refractivity contribution in [3.05, 3.63) is 66.2 Å². The van der Waals surface area contributed by atoms with Gasteiger partial charge in [0.15, 0.2) is 0 Å². The lowest BCUT2D eigenvalue weighted by molar-refractivity contribution is -0.129. The molecule has 1 fully saturated rings. The van der Waals surface area contributed by atoms with Crippen LogP contribution in [-0.2, 0) is 16.1 Å².